The number of aromatic nitrogens is 1. The van der Waals surface area contributed by atoms with Gasteiger partial charge in [0.1, 0.15) is 41.0 Å². The zero-order valence-corrected chi connectivity index (χ0v) is 36.7. The molecule has 2 heterocycles. The first kappa shape index (κ1) is 44.9. The summed E-state index contributed by atoms with van der Waals surface area (Å²) in [6.07, 6.45) is -1.56. The van der Waals surface area contributed by atoms with Gasteiger partial charge < -0.3 is 34.5 Å². The van der Waals surface area contributed by atoms with Crippen LogP contribution in [0.2, 0.25) is 0 Å². The lowest BCUT2D eigenvalue weighted by Gasteiger charge is -2.35. The second-order valence-electron chi connectivity index (χ2n) is 16.8. The summed E-state index contributed by atoms with van der Waals surface area (Å²) in [6.45, 7) is 10.4. The van der Waals surface area contributed by atoms with E-state index in [0.717, 1.165) is 5.56 Å². The first-order valence-corrected chi connectivity index (χ1v) is 21.4. The fourth-order valence-electron chi connectivity index (χ4n) is 6.95. The van der Waals surface area contributed by atoms with Crippen molar-refractivity contribution in [3.8, 4) is 28.5 Å². The van der Waals surface area contributed by atoms with Gasteiger partial charge in [0.2, 0.25) is 11.8 Å². The molecular formula is C46H51N5O10S. The van der Waals surface area contributed by atoms with Crippen LogP contribution in [-0.4, -0.2) is 86.7 Å². The Morgan fingerprint density at radius 2 is 1.45 bits per heavy atom. The van der Waals surface area contributed by atoms with Crippen LogP contribution in [0.5, 0.6) is 17.2 Å². The van der Waals surface area contributed by atoms with Crippen LogP contribution in [0, 0.1) is 5.41 Å². The zero-order chi connectivity index (χ0) is 45.0. The second-order valence-corrected chi connectivity index (χ2v) is 18.5. The highest BCUT2D eigenvalue weighted by Crippen LogP contribution is 2.36. The summed E-state index contributed by atoms with van der Waals surface area (Å²) in [5.74, 6) is -0.774. The molecule has 15 nitrogen and oxygen atoms in total. The minimum absolute atomic E-state index is 0.00171. The molecule has 6 rings (SSSR count). The highest BCUT2D eigenvalue weighted by molar-refractivity contribution is 7.90. The highest BCUT2D eigenvalue weighted by Gasteiger charge is 2.46. The number of rotatable bonds is 12. The maximum atomic E-state index is 14.7. The molecule has 16 heteroatoms. The number of carbonyl (C=O) groups is 4. The average molecular weight is 866 g/mol. The van der Waals surface area contributed by atoms with Crippen molar-refractivity contribution in [2.75, 3.05) is 26.1 Å². The van der Waals surface area contributed by atoms with E-state index in [1.165, 1.54) is 54.5 Å². The first-order chi connectivity index (χ1) is 29.3. The maximum Gasteiger partial charge on any atom is 0.408 e. The third-order valence-corrected chi connectivity index (χ3v) is 11.3. The smallest absolute Gasteiger partial charge is 0.408 e. The van der Waals surface area contributed by atoms with Crippen LogP contribution in [0.25, 0.3) is 22.2 Å². The predicted octanol–water partition coefficient (Wildman–Crippen LogP) is 6.96. The van der Waals surface area contributed by atoms with Gasteiger partial charge in [-0.3, -0.25) is 14.4 Å². The normalized spacial score (nSPS) is 15.9. The fourth-order valence-corrected chi connectivity index (χ4v) is 7.92. The molecule has 326 valence electrons. The Morgan fingerprint density at radius 3 is 2.10 bits per heavy atom. The Bertz CT molecular complexity index is 2570. The van der Waals surface area contributed by atoms with Gasteiger partial charge in [0.15, 0.2) is 0 Å². The molecule has 0 spiro atoms. The van der Waals surface area contributed by atoms with Gasteiger partial charge in [-0.1, -0.05) is 63.2 Å². The van der Waals surface area contributed by atoms with Gasteiger partial charge in [0, 0.05) is 29.5 Å². The van der Waals surface area contributed by atoms with Gasteiger partial charge in [-0.25, -0.2) is 22.9 Å². The molecule has 0 radical (unpaired) electrons. The number of alkyl carbamates (subject to hydrolysis) is 1. The van der Waals surface area contributed by atoms with Crippen molar-refractivity contribution in [2.45, 2.75) is 76.6 Å². The van der Waals surface area contributed by atoms with E-state index in [0.29, 0.717) is 33.8 Å². The van der Waals surface area contributed by atoms with Crippen LogP contribution in [0.3, 0.4) is 0 Å². The molecule has 0 aliphatic carbocycles. The fraction of sp³-hybridized carbons (Fsp3) is 0.326. The Morgan fingerprint density at radius 1 is 0.806 bits per heavy atom. The predicted molar refractivity (Wildman–Crippen MR) is 234 cm³/mol. The summed E-state index contributed by atoms with van der Waals surface area (Å²) >= 11 is 0. The molecular weight excluding hydrogens is 815 g/mol. The van der Waals surface area contributed by atoms with Crippen LogP contribution in [0.15, 0.2) is 108 Å². The SMILES string of the molecule is COc1ccc(S(=O)(=O)NC(=O)c2ccccc2NC(=O)[C@H]2C[C@@H](Oc3cc(-c4ccccc4)nc4cc(OC)ccc34)CN2C(=O)[C@@H](NC(=O)OC(C)(C)C)C(C)(C)C)cc1. The number of likely N-dealkylation sites (tertiary alicyclic amines) is 1. The summed E-state index contributed by atoms with van der Waals surface area (Å²) < 4.78 is 51.3. The number of carbonyl (C=O) groups excluding carboxylic acids is 4. The summed E-state index contributed by atoms with van der Waals surface area (Å²) in [6, 6.07) is 25.8. The minimum atomic E-state index is -4.33. The summed E-state index contributed by atoms with van der Waals surface area (Å²) in [5.41, 5.74) is 0.209. The van der Waals surface area contributed by atoms with Crippen LogP contribution < -0.4 is 29.6 Å². The summed E-state index contributed by atoms with van der Waals surface area (Å²) in [5, 5.41) is 6.16. The number of ether oxygens (including phenoxy) is 4. The van der Waals surface area contributed by atoms with E-state index in [-0.39, 0.29) is 29.1 Å². The van der Waals surface area contributed by atoms with Gasteiger partial charge in [0.05, 0.1) is 48.1 Å². The quantitative estimate of drug-likeness (QED) is 0.117. The number of pyridine rings is 1. The van der Waals surface area contributed by atoms with E-state index in [2.05, 4.69) is 15.4 Å². The molecule has 1 aliphatic heterocycles. The first-order valence-electron chi connectivity index (χ1n) is 19.9. The average Bonchev–Trinajstić information content (AvgIpc) is 3.65. The Hall–Kier alpha value is -6.68. The molecule has 4 aromatic carbocycles. The largest absolute Gasteiger partial charge is 0.497 e. The van der Waals surface area contributed by atoms with Crippen LogP contribution in [-0.2, 0) is 24.3 Å². The van der Waals surface area contributed by atoms with Crippen molar-refractivity contribution in [1.82, 2.24) is 19.9 Å². The molecule has 0 bridgehead atoms. The van der Waals surface area contributed by atoms with E-state index in [1.54, 1.807) is 72.9 Å². The number of hydrogen-bond donors (Lipinski definition) is 3. The van der Waals surface area contributed by atoms with Gasteiger partial charge >= 0.3 is 6.09 Å². The molecule has 1 fully saturated rings. The van der Waals surface area contributed by atoms with Crippen molar-refractivity contribution in [1.29, 1.82) is 0 Å². The molecule has 3 atom stereocenters. The summed E-state index contributed by atoms with van der Waals surface area (Å²) in [4.78, 5) is 62.0. The standard InChI is InChI=1S/C46H51N5O10S/c1-45(2,3)40(49-44(55)61-46(4,5)6)43(54)51-27-31(60-39-26-36(28-14-10-9-11-15-28)47-37-24-30(59-8)20-23-33(37)39)25-38(51)42(53)48-35-17-13-12-16-34(35)41(52)50-62(56,57)32-21-18-29(58-7)19-22-32/h9-24,26,31,38,40H,25,27H2,1-8H3,(H,48,53)(H,49,55)(H,50,52)/t31-,38-,40-/m1/s1. The zero-order valence-electron chi connectivity index (χ0n) is 35.8. The molecule has 0 saturated carbocycles. The lowest BCUT2D eigenvalue weighted by atomic mass is 9.85. The lowest BCUT2D eigenvalue weighted by molar-refractivity contribution is -0.140. The van der Waals surface area contributed by atoms with E-state index in [9.17, 15) is 27.6 Å². The van der Waals surface area contributed by atoms with Crippen LogP contribution >= 0.6 is 0 Å². The molecule has 1 saturated heterocycles. The topological polar surface area (TPSA) is 192 Å². The highest BCUT2D eigenvalue weighted by atomic mass is 32.2. The maximum absolute atomic E-state index is 14.7. The Labute approximate surface area is 361 Å². The molecule has 5 aromatic rings. The van der Waals surface area contributed by atoms with Crippen molar-refractivity contribution in [2.24, 2.45) is 5.41 Å². The van der Waals surface area contributed by atoms with Crippen molar-refractivity contribution < 1.29 is 46.5 Å². The number of benzene rings is 4. The number of methoxy groups -OCH3 is 2. The number of fused-ring (bicyclic) bond motifs is 1. The van der Waals surface area contributed by atoms with Gasteiger partial charge in [-0.15, -0.1) is 0 Å². The third-order valence-electron chi connectivity index (χ3n) is 9.99. The third kappa shape index (κ3) is 10.6. The van der Waals surface area contributed by atoms with Crippen molar-refractivity contribution in [3.63, 3.8) is 0 Å². The number of nitrogens with zero attached hydrogens (tertiary/aromatic N) is 2. The van der Waals surface area contributed by atoms with E-state index in [1.807, 2.05) is 36.4 Å². The molecule has 3 N–H and O–H groups in total. The number of nitrogens with one attached hydrogen (secondary N) is 3. The van der Waals surface area contributed by atoms with E-state index < -0.39 is 63.0 Å². The second kappa shape index (κ2) is 18.1. The molecule has 0 unspecified atom stereocenters. The minimum Gasteiger partial charge on any atom is -0.497 e. The summed E-state index contributed by atoms with van der Waals surface area (Å²) in [7, 11) is -1.33. The number of sulfonamides is 1. The monoisotopic (exact) mass is 865 g/mol. The van der Waals surface area contributed by atoms with Crippen LogP contribution in [0.1, 0.15) is 58.3 Å². The Balaban J connectivity index is 1.34. The van der Waals surface area contributed by atoms with Crippen molar-refractivity contribution in [3.05, 3.63) is 109 Å². The molecule has 62 heavy (non-hydrogen) atoms. The van der Waals surface area contributed by atoms with E-state index in [4.69, 9.17) is 23.9 Å². The molecule has 4 amide bonds. The number of amides is 4. The van der Waals surface area contributed by atoms with Gasteiger partial charge in [-0.05, 0) is 74.7 Å². The van der Waals surface area contributed by atoms with E-state index >= 15 is 0 Å². The number of anilines is 1. The molecule has 1 aromatic heterocycles. The lowest BCUT2D eigenvalue weighted by Crippen LogP contribution is -2.57. The van der Waals surface area contributed by atoms with Crippen LogP contribution in [0.4, 0.5) is 10.5 Å². The van der Waals surface area contributed by atoms with Gasteiger partial charge in [-0.2, -0.15) is 0 Å². The molecule has 1 aliphatic rings. The van der Waals surface area contributed by atoms with Gasteiger partial charge in [0.25, 0.3) is 15.9 Å². The number of hydrogen-bond acceptors (Lipinski definition) is 11. The number of para-hydroxylation sites is 1. The van der Waals surface area contributed by atoms with Crippen molar-refractivity contribution >= 4 is 50.4 Å². The Kier molecular flexibility index (Phi) is 13.1.